The van der Waals surface area contributed by atoms with Gasteiger partial charge in [-0.05, 0) is 59.7 Å². The lowest BCUT2D eigenvalue weighted by atomic mass is 9.95. The third-order valence-electron chi connectivity index (χ3n) is 5.08. The van der Waals surface area contributed by atoms with Gasteiger partial charge in [-0.15, -0.1) is 0 Å². The van der Waals surface area contributed by atoms with Crippen molar-refractivity contribution in [3.63, 3.8) is 0 Å². The highest BCUT2D eigenvalue weighted by atomic mass is 35.5. The summed E-state index contributed by atoms with van der Waals surface area (Å²) in [7, 11) is -3.79. The summed E-state index contributed by atoms with van der Waals surface area (Å²) in [5, 5.41) is 1.16. The van der Waals surface area contributed by atoms with Crippen LogP contribution in [0.4, 0.5) is 0 Å². The zero-order valence-corrected chi connectivity index (χ0v) is 19.2. The van der Waals surface area contributed by atoms with E-state index in [1.165, 1.54) is 4.31 Å². The molecule has 0 aliphatic carbocycles. The summed E-state index contributed by atoms with van der Waals surface area (Å²) in [5.41, 5.74) is 2.31. The molecule has 3 aromatic rings. The maximum atomic E-state index is 13.3. The van der Waals surface area contributed by atoms with Crippen LogP contribution in [0.1, 0.15) is 11.1 Å². The number of nitrogens with zero attached hydrogens (tertiary/aromatic N) is 1. The third-order valence-corrected chi connectivity index (χ3v) is 7.39. The van der Waals surface area contributed by atoms with Gasteiger partial charge in [0.25, 0.3) is 0 Å². The molecule has 4 nitrogen and oxygen atoms in total. The van der Waals surface area contributed by atoms with Crippen LogP contribution in [-0.4, -0.2) is 31.6 Å². The molecule has 1 aliphatic rings. The highest BCUT2D eigenvalue weighted by molar-refractivity contribution is 7.89. The summed E-state index contributed by atoms with van der Waals surface area (Å²) in [6.45, 7) is -0.0344. The van der Waals surface area contributed by atoms with Crippen molar-refractivity contribution < 1.29 is 13.2 Å². The fourth-order valence-electron chi connectivity index (χ4n) is 3.44. The molecule has 0 radical (unpaired) electrons. The summed E-state index contributed by atoms with van der Waals surface area (Å²) < 4.78 is 27.9. The van der Waals surface area contributed by atoms with Crippen LogP contribution >= 0.6 is 23.2 Å². The molecule has 32 heavy (non-hydrogen) atoms. The first-order valence-electron chi connectivity index (χ1n) is 9.85. The van der Waals surface area contributed by atoms with Crippen molar-refractivity contribution in [2.75, 3.05) is 13.1 Å². The number of rotatable bonds is 4. The number of hydrogen-bond acceptors (Lipinski definition) is 3. The first-order chi connectivity index (χ1) is 15.3. The van der Waals surface area contributed by atoms with E-state index in [0.717, 1.165) is 11.1 Å². The maximum Gasteiger partial charge on any atom is 0.243 e. The lowest BCUT2D eigenvalue weighted by Gasteiger charge is -2.29. The number of halogens is 2. The van der Waals surface area contributed by atoms with Crippen molar-refractivity contribution in [1.29, 1.82) is 0 Å². The number of carbonyl (C=O) groups excluding carboxylic acids is 1. The zero-order valence-electron chi connectivity index (χ0n) is 16.9. The Morgan fingerprint density at radius 2 is 1.12 bits per heavy atom. The molecule has 7 heteroatoms. The fraction of sp³-hybridized carbons (Fsp3) is 0.0800. The van der Waals surface area contributed by atoms with Gasteiger partial charge in [-0.2, -0.15) is 4.31 Å². The van der Waals surface area contributed by atoms with Gasteiger partial charge in [0.1, 0.15) is 0 Å². The Bertz CT molecular complexity index is 1230. The highest BCUT2D eigenvalue weighted by Gasteiger charge is 2.34. The van der Waals surface area contributed by atoms with Gasteiger partial charge in [0.05, 0.1) is 4.90 Å². The van der Waals surface area contributed by atoms with Crippen LogP contribution < -0.4 is 0 Å². The minimum atomic E-state index is -3.79. The second-order valence-corrected chi connectivity index (χ2v) is 10.2. The van der Waals surface area contributed by atoms with Gasteiger partial charge in [-0.25, -0.2) is 8.42 Å². The molecule has 0 unspecified atom stereocenters. The van der Waals surface area contributed by atoms with Crippen LogP contribution in [0.3, 0.4) is 0 Å². The number of Topliss-reactive ketones (excluding diaryl/α,β-unsaturated/α-hetero) is 1. The van der Waals surface area contributed by atoms with E-state index in [4.69, 9.17) is 23.2 Å². The van der Waals surface area contributed by atoms with Crippen molar-refractivity contribution in [3.05, 3.63) is 111 Å². The molecule has 1 aliphatic heterocycles. The molecule has 0 spiro atoms. The molecule has 0 bridgehead atoms. The molecule has 0 N–H and O–H groups in total. The van der Waals surface area contributed by atoms with Crippen molar-refractivity contribution in [2.24, 2.45) is 0 Å². The maximum absolute atomic E-state index is 13.3. The Hall–Kier alpha value is -2.70. The van der Waals surface area contributed by atoms with Gasteiger partial charge in [0, 0.05) is 34.3 Å². The zero-order chi connectivity index (χ0) is 22.7. The van der Waals surface area contributed by atoms with Crippen LogP contribution in [0.5, 0.6) is 0 Å². The van der Waals surface area contributed by atoms with E-state index in [9.17, 15) is 13.2 Å². The molecule has 0 amide bonds. The van der Waals surface area contributed by atoms with Crippen LogP contribution in [0.15, 0.2) is 94.9 Å². The fourth-order valence-corrected chi connectivity index (χ4v) is 5.11. The molecule has 0 atom stereocenters. The smallest absolute Gasteiger partial charge is 0.243 e. The topological polar surface area (TPSA) is 54.5 Å². The SMILES string of the molecule is O=C1/C(=C/c2ccc(Cl)cc2)CN(S(=O)(=O)c2ccccc2)C/C1=C\c1ccc(Cl)cc1. The first kappa shape index (κ1) is 22.5. The number of benzene rings is 3. The normalized spacial score (nSPS) is 17.8. The van der Waals surface area contributed by atoms with Gasteiger partial charge < -0.3 is 0 Å². The summed E-state index contributed by atoms with van der Waals surface area (Å²) in [6, 6.07) is 22.3. The van der Waals surface area contributed by atoms with Crippen LogP contribution in [-0.2, 0) is 14.8 Å². The molecule has 1 heterocycles. The Morgan fingerprint density at radius 1 is 0.688 bits per heavy atom. The Labute approximate surface area is 197 Å². The van der Waals surface area contributed by atoms with Gasteiger partial charge in [-0.3, -0.25) is 4.79 Å². The number of hydrogen-bond donors (Lipinski definition) is 0. The number of sulfonamides is 1. The number of carbonyl (C=O) groups is 1. The molecule has 1 saturated heterocycles. The van der Waals surface area contributed by atoms with Crippen LogP contribution in [0.25, 0.3) is 12.2 Å². The minimum Gasteiger partial charge on any atom is -0.289 e. The summed E-state index contributed by atoms with van der Waals surface area (Å²) in [6.07, 6.45) is 3.42. The molecule has 0 aromatic heterocycles. The van der Waals surface area contributed by atoms with Crippen LogP contribution in [0.2, 0.25) is 10.0 Å². The van der Waals surface area contributed by atoms with Crippen LogP contribution in [0, 0.1) is 0 Å². The highest BCUT2D eigenvalue weighted by Crippen LogP contribution is 2.27. The molecule has 4 rings (SSSR count). The van der Waals surface area contributed by atoms with Crippen molar-refractivity contribution in [1.82, 2.24) is 4.31 Å². The summed E-state index contributed by atoms with van der Waals surface area (Å²) >= 11 is 11.9. The Kier molecular flexibility index (Phi) is 6.63. The first-order valence-corrected chi connectivity index (χ1v) is 12.0. The van der Waals surface area contributed by atoms with E-state index in [1.807, 2.05) is 0 Å². The second-order valence-electron chi connectivity index (χ2n) is 7.36. The van der Waals surface area contributed by atoms with E-state index in [2.05, 4.69) is 0 Å². The summed E-state index contributed by atoms with van der Waals surface area (Å²) in [5.74, 6) is -0.186. The third kappa shape index (κ3) is 5.03. The minimum absolute atomic E-state index is 0.0172. The molecular weight excluding hydrogens is 465 g/mol. The van der Waals surface area contributed by atoms with E-state index in [1.54, 1.807) is 91.0 Å². The van der Waals surface area contributed by atoms with Crippen molar-refractivity contribution in [3.8, 4) is 0 Å². The summed E-state index contributed by atoms with van der Waals surface area (Å²) in [4.78, 5) is 13.5. The number of piperidine rings is 1. The Balaban J connectivity index is 1.77. The molecule has 3 aromatic carbocycles. The predicted octanol–water partition coefficient (Wildman–Crippen LogP) is 5.73. The Morgan fingerprint density at radius 3 is 1.56 bits per heavy atom. The lowest BCUT2D eigenvalue weighted by molar-refractivity contribution is -0.113. The van der Waals surface area contributed by atoms with Gasteiger partial charge in [0.15, 0.2) is 5.78 Å². The average molecular weight is 484 g/mol. The standard InChI is InChI=1S/C25H19Cl2NO3S/c26-22-10-6-18(7-11-22)14-20-16-28(32(30,31)24-4-2-1-3-5-24)17-21(25(20)29)15-19-8-12-23(27)13-9-19/h1-15H,16-17H2/b20-14+,21-15+. The predicted molar refractivity (Wildman–Crippen MR) is 129 cm³/mol. The molecule has 162 valence electrons. The van der Waals surface area contributed by atoms with E-state index in [-0.39, 0.29) is 23.8 Å². The monoisotopic (exact) mass is 483 g/mol. The van der Waals surface area contributed by atoms with E-state index >= 15 is 0 Å². The molecular formula is C25H19Cl2NO3S. The van der Waals surface area contributed by atoms with Gasteiger partial charge in [-0.1, -0.05) is 65.7 Å². The van der Waals surface area contributed by atoms with Gasteiger partial charge in [0.2, 0.25) is 10.0 Å². The van der Waals surface area contributed by atoms with Gasteiger partial charge >= 0.3 is 0 Å². The molecule has 1 fully saturated rings. The van der Waals surface area contributed by atoms with Crippen molar-refractivity contribution in [2.45, 2.75) is 4.90 Å². The lowest BCUT2D eigenvalue weighted by Crippen LogP contribution is -2.41. The number of ketones is 1. The van der Waals surface area contributed by atoms with Crippen molar-refractivity contribution >= 4 is 51.2 Å². The van der Waals surface area contributed by atoms with E-state index in [0.29, 0.717) is 21.2 Å². The quantitative estimate of drug-likeness (QED) is 0.445. The average Bonchev–Trinajstić information content (AvgIpc) is 2.80. The molecule has 0 saturated carbocycles. The van der Waals surface area contributed by atoms with E-state index < -0.39 is 10.0 Å². The largest absolute Gasteiger partial charge is 0.289 e. The second kappa shape index (κ2) is 9.43.